The van der Waals surface area contributed by atoms with Crippen LogP contribution in [0.15, 0.2) is 48.5 Å². The number of benzene rings is 2. The van der Waals surface area contributed by atoms with E-state index in [2.05, 4.69) is 0 Å². The number of amides is 1. The molecule has 18 heavy (non-hydrogen) atoms. The first-order valence-electron chi connectivity index (χ1n) is 5.13. The summed E-state index contributed by atoms with van der Waals surface area (Å²) in [6.07, 6.45) is -1.11. The second kappa shape index (κ2) is 5.29. The average molecular weight is 282 g/mol. The molecule has 0 radical (unpaired) electrons. The number of carbonyl (C=O) groups is 1. The highest BCUT2D eigenvalue weighted by Gasteiger charge is 2.19. The Morgan fingerprint density at radius 3 is 2.28 bits per heavy atom. The average Bonchev–Trinajstić information content (AvgIpc) is 2.33. The summed E-state index contributed by atoms with van der Waals surface area (Å²) in [5, 5.41) is 10.1. The van der Waals surface area contributed by atoms with Crippen LogP contribution in [0.2, 0.25) is 10.0 Å². The molecule has 0 saturated carbocycles. The van der Waals surface area contributed by atoms with Crippen LogP contribution in [-0.2, 0) is 0 Å². The summed E-state index contributed by atoms with van der Waals surface area (Å²) in [7, 11) is 0. The standard InChI is InChI=1S/C13H9Cl2NO2/c14-9-6-7-12(11(15)8-9)16(13(17)18)10-4-2-1-3-5-10/h1-8H,(H,17,18). The minimum absolute atomic E-state index is 0.286. The van der Waals surface area contributed by atoms with Crippen molar-refractivity contribution >= 4 is 40.7 Å². The van der Waals surface area contributed by atoms with Crippen molar-refractivity contribution in [3.63, 3.8) is 0 Å². The molecule has 92 valence electrons. The van der Waals surface area contributed by atoms with Gasteiger partial charge in [-0.05, 0) is 30.3 Å². The highest BCUT2D eigenvalue weighted by molar-refractivity contribution is 6.36. The van der Waals surface area contributed by atoms with Gasteiger partial charge in [-0.25, -0.2) is 9.69 Å². The fourth-order valence-electron chi connectivity index (χ4n) is 1.59. The minimum Gasteiger partial charge on any atom is -0.464 e. The summed E-state index contributed by atoms with van der Waals surface area (Å²) < 4.78 is 0. The molecule has 0 spiro atoms. The van der Waals surface area contributed by atoms with E-state index in [9.17, 15) is 9.90 Å². The molecule has 0 aliphatic carbocycles. The van der Waals surface area contributed by atoms with Gasteiger partial charge in [0.1, 0.15) is 0 Å². The van der Waals surface area contributed by atoms with Gasteiger partial charge in [-0.1, -0.05) is 41.4 Å². The van der Waals surface area contributed by atoms with Gasteiger partial charge >= 0.3 is 6.09 Å². The van der Waals surface area contributed by atoms with Crippen LogP contribution in [0.1, 0.15) is 0 Å². The molecule has 1 N–H and O–H groups in total. The van der Waals surface area contributed by atoms with Gasteiger partial charge in [-0.15, -0.1) is 0 Å². The van der Waals surface area contributed by atoms with Crippen LogP contribution in [0.25, 0.3) is 0 Å². The van der Waals surface area contributed by atoms with Crippen molar-refractivity contribution in [1.29, 1.82) is 0 Å². The van der Waals surface area contributed by atoms with Crippen LogP contribution >= 0.6 is 23.2 Å². The number of hydrogen-bond donors (Lipinski definition) is 1. The van der Waals surface area contributed by atoms with Crippen LogP contribution in [-0.4, -0.2) is 11.2 Å². The van der Waals surface area contributed by atoms with Crippen molar-refractivity contribution in [2.24, 2.45) is 0 Å². The molecule has 1 amide bonds. The Morgan fingerprint density at radius 2 is 1.72 bits per heavy atom. The Labute approximate surface area is 114 Å². The first-order chi connectivity index (χ1) is 8.59. The number of anilines is 2. The molecular weight excluding hydrogens is 273 g/mol. The molecule has 0 saturated heterocycles. The van der Waals surface area contributed by atoms with Crippen molar-refractivity contribution in [1.82, 2.24) is 0 Å². The zero-order valence-electron chi connectivity index (χ0n) is 9.18. The van der Waals surface area contributed by atoms with Crippen LogP contribution in [0.3, 0.4) is 0 Å². The monoisotopic (exact) mass is 281 g/mol. The maximum atomic E-state index is 11.4. The molecule has 0 atom stereocenters. The van der Waals surface area contributed by atoms with Gasteiger partial charge in [0, 0.05) is 5.02 Å². The van der Waals surface area contributed by atoms with E-state index in [1.54, 1.807) is 36.4 Å². The molecule has 0 fully saturated rings. The molecule has 0 aromatic heterocycles. The van der Waals surface area contributed by atoms with Gasteiger partial charge in [0.15, 0.2) is 0 Å². The Bertz CT molecular complexity index is 572. The zero-order valence-corrected chi connectivity index (χ0v) is 10.7. The van der Waals surface area contributed by atoms with Crippen molar-refractivity contribution in [2.45, 2.75) is 0 Å². The SMILES string of the molecule is O=C(O)N(c1ccccc1)c1ccc(Cl)cc1Cl. The van der Waals surface area contributed by atoms with Crippen LogP contribution < -0.4 is 4.90 Å². The lowest BCUT2D eigenvalue weighted by Crippen LogP contribution is -2.23. The van der Waals surface area contributed by atoms with Crippen molar-refractivity contribution in [2.75, 3.05) is 4.90 Å². The van der Waals surface area contributed by atoms with Gasteiger partial charge in [0.25, 0.3) is 0 Å². The van der Waals surface area contributed by atoms with Gasteiger partial charge in [-0.3, -0.25) is 0 Å². The first-order valence-corrected chi connectivity index (χ1v) is 5.88. The lowest BCUT2D eigenvalue weighted by atomic mass is 10.2. The predicted octanol–water partition coefficient (Wildman–Crippen LogP) is 4.81. The number of para-hydroxylation sites is 1. The van der Waals surface area contributed by atoms with Crippen molar-refractivity contribution < 1.29 is 9.90 Å². The van der Waals surface area contributed by atoms with Gasteiger partial charge in [0.05, 0.1) is 16.4 Å². The molecular formula is C13H9Cl2NO2. The summed E-state index contributed by atoms with van der Waals surface area (Å²) in [6.45, 7) is 0. The highest BCUT2D eigenvalue weighted by Crippen LogP contribution is 2.33. The van der Waals surface area contributed by atoms with E-state index in [4.69, 9.17) is 23.2 Å². The summed E-state index contributed by atoms with van der Waals surface area (Å²) in [5.74, 6) is 0. The highest BCUT2D eigenvalue weighted by atomic mass is 35.5. The second-order valence-corrected chi connectivity index (χ2v) is 4.39. The van der Waals surface area contributed by atoms with Gasteiger partial charge in [-0.2, -0.15) is 0 Å². The minimum atomic E-state index is -1.11. The van der Waals surface area contributed by atoms with E-state index in [0.29, 0.717) is 16.4 Å². The number of nitrogens with zero attached hydrogens (tertiary/aromatic N) is 1. The molecule has 0 unspecified atom stereocenters. The Balaban J connectivity index is 2.52. The maximum absolute atomic E-state index is 11.4. The Hall–Kier alpha value is -1.71. The molecule has 2 aromatic carbocycles. The predicted molar refractivity (Wildman–Crippen MR) is 73.1 cm³/mol. The molecule has 0 aliphatic rings. The van der Waals surface area contributed by atoms with Gasteiger partial charge in [0.2, 0.25) is 0 Å². The second-order valence-electron chi connectivity index (χ2n) is 3.55. The van der Waals surface area contributed by atoms with Crippen LogP contribution in [0.4, 0.5) is 16.2 Å². The lowest BCUT2D eigenvalue weighted by Gasteiger charge is -2.20. The Morgan fingerprint density at radius 1 is 1.06 bits per heavy atom. The number of halogens is 2. The van der Waals surface area contributed by atoms with Crippen LogP contribution in [0, 0.1) is 0 Å². The topological polar surface area (TPSA) is 40.5 Å². The summed E-state index contributed by atoms with van der Waals surface area (Å²) in [4.78, 5) is 12.5. The third-order valence-electron chi connectivity index (χ3n) is 2.36. The van der Waals surface area contributed by atoms with E-state index in [-0.39, 0.29) is 5.02 Å². The first kappa shape index (κ1) is 12.7. The summed E-state index contributed by atoms with van der Waals surface area (Å²) in [6, 6.07) is 13.4. The van der Waals surface area contributed by atoms with E-state index < -0.39 is 6.09 Å². The fraction of sp³-hybridized carbons (Fsp3) is 0. The number of hydrogen-bond acceptors (Lipinski definition) is 1. The maximum Gasteiger partial charge on any atom is 0.416 e. The van der Waals surface area contributed by atoms with Crippen molar-refractivity contribution in [3.05, 3.63) is 58.6 Å². The number of carboxylic acid groups (broad SMARTS) is 1. The fourth-order valence-corrected chi connectivity index (χ4v) is 2.09. The molecule has 2 aromatic rings. The summed E-state index contributed by atoms with van der Waals surface area (Å²) in [5.41, 5.74) is 0.897. The largest absolute Gasteiger partial charge is 0.464 e. The lowest BCUT2D eigenvalue weighted by molar-refractivity contribution is 0.205. The van der Waals surface area contributed by atoms with E-state index in [0.717, 1.165) is 4.90 Å². The van der Waals surface area contributed by atoms with E-state index in [1.165, 1.54) is 6.07 Å². The molecule has 3 nitrogen and oxygen atoms in total. The van der Waals surface area contributed by atoms with E-state index in [1.807, 2.05) is 6.07 Å². The molecule has 0 bridgehead atoms. The third kappa shape index (κ3) is 2.58. The smallest absolute Gasteiger partial charge is 0.416 e. The van der Waals surface area contributed by atoms with Gasteiger partial charge < -0.3 is 5.11 Å². The van der Waals surface area contributed by atoms with E-state index >= 15 is 0 Å². The normalized spacial score (nSPS) is 10.1. The van der Waals surface area contributed by atoms with Crippen molar-refractivity contribution in [3.8, 4) is 0 Å². The molecule has 0 heterocycles. The molecule has 2 rings (SSSR count). The molecule has 0 aliphatic heterocycles. The number of rotatable bonds is 2. The van der Waals surface area contributed by atoms with Crippen LogP contribution in [0.5, 0.6) is 0 Å². The third-order valence-corrected chi connectivity index (χ3v) is 2.89. The summed E-state index contributed by atoms with van der Waals surface area (Å²) >= 11 is 11.8. The Kier molecular flexibility index (Phi) is 3.75. The zero-order chi connectivity index (χ0) is 13.1. The quantitative estimate of drug-likeness (QED) is 0.858. The molecule has 5 heteroatoms.